The molecule has 0 bridgehead atoms. The molecule has 0 aromatic heterocycles. The van der Waals surface area contributed by atoms with E-state index in [2.05, 4.69) is 0 Å². The number of thioether (sulfide) groups is 1. The molecule has 0 saturated carbocycles. The van der Waals surface area contributed by atoms with E-state index in [0.29, 0.717) is 5.75 Å². The molecule has 1 rings (SSSR count). The Morgan fingerprint density at radius 1 is 1.80 bits per heavy atom. The Kier molecular flexibility index (Phi) is 1.99. The highest BCUT2D eigenvalue weighted by Gasteiger charge is 2.36. The number of hydrogen-bond acceptors (Lipinski definition) is 3. The summed E-state index contributed by atoms with van der Waals surface area (Å²) in [4.78, 5) is 21.3. The largest absolute Gasteiger partial charge is 0.481 e. The van der Waals surface area contributed by atoms with Crippen molar-refractivity contribution in [2.75, 3.05) is 5.75 Å². The Labute approximate surface area is 62.8 Å². The highest BCUT2D eigenvalue weighted by molar-refractivity contribution is 8.01. The van der Waals surface area contributed by atoms with Crippen molar-refractivity contribution in [1.29, 1.82) is 0 Å². The molecule has 1 heterocycles. The summed E-state index contributed by atoms with van der Waals surface area (Å²) in [5.74, 6) is -1.44. The summed E-state index contributed by atoms with van der Waals surface area (Å²) in [6.45, 7) is 1.75. The number of carbonyl (C=O) groups is 2. The molecule has 2 atom stereocenters. The molecule has 1 saturated heterocycles. The fourth-order valence-electron chi connectivity index (χ4n) is 0.881. The maximum Gasteiger partial charge on any atom is 0.314 e. The molecule has 2 unspecified atom stereocenters. The van der Waals surface area contributed by atoms with Crippen molar-refractivity contribution in [2.24, 2.45) is 5.92 Å². The molecule has 0 amide bonds. The van der Waals surface area contributed by atoms with Crippen molar-refractivity contribution in [3.63, 3.8) is 0 Å². The van der Waals surface area contributed by atoms with Crippen molar-refractivity contribution < 1.29 is 14.7 Å². The van der Waals surface area contributed by atoms with Gasteiger partial charge in [0.1, 0.15) is 5.92 Å². The zero-order valence-corrected chi connectivity index (χ0v) is 6.35. The number of Topliss-reactive ketones (excluding diaryl/α,β-unsaturated/α-hetero) is 1. The van der Waals surface area contributed by atoms with Gasteiger partial charge in [-0.2, -0.15) is 0 Å². The molecule has 1 fully saturated rings. The molecular formula is C6H8O3S. The van der Waals surface area contributed by atoms with E-state index in [1.54, 1.807) is 6.92 Å². The minimum Gasteiger partial charge on any atom is -0.481 e. The monoisotopic (exact) mass is 160 g/mol. The SMILES string of the molecule is CC1SCC(C(=O)O)C1=O. The molecule has 0 spiro atoms. The fourth-order valence-corrected chi connectivity index (χ4v) is 2.00. The first-order valence-electron chi connectivity index (χ1n) is 3.01. The summed E-state index contributed by atoms with van der Waals surface area (Å²) in [5, 5.41) is 8.34. The van der Waals surface area contributed by atoms with Gasteiger partial charge in [0.15, 0.2) is 5.78 Å². The van der Waals surface area contributed by atoms with E-state index in [0.717, 1.165) is 0 Å². The van der Waals surface area contributed by atoms with Crippen LogP contribution in [0.1, 0.15) is 6.92 Å². The van der Waals surface area contributed by atoms with Crippen LogP contribution < -0.4 is 0 Å². The molecule has 0 aromatic rings. The topological polar surface area (TPSA) is 54.4 Å². The zero-order chi connectivity index (χ0) is 7.72. The lowest BCUT2D eigenvalue weighted by Crippen LogP contribution is -2.24. The lowest BCUT2D eigenvalue weighted by Gasteiger charge is -1.98. The van der Waals surface area contributed by atoms with Gasteiger partial charge in [-0.05, 0) is 6.92 Å². The van der Waals surface area contributed by atoms with Crippen LogP contribution in [0.25, 0.3) is 0 Å². The highest BCUT2D eigenvalue weighted by atomic mass is 32.2. The third-order valence-electron chi connectivity index (χ3n) is 1.56. The Bertz CT molecular complexity index is 178. The summed E-state index contributed by atoms with van der Waals surface area (Å²) in [5.41, 5.74) is 0. The van der Waals surface area contributed by atoms with Crippen LogP contribution in [-0.2, 0) is 9.59 Å². The van der Waals surface area contributed by atoms with E-state index < -0.39 is 11.9 Å². The molecule has 3 nitrogen and oxygen atoms in total. The predicted octanol–water partition coefficient (Wildman–Crippen LogP) is 0.392. The molecule has 56 valence electrons. The van der Waals surface area contributed by atoms with Crippen molar-refractivity contribution in [3.8, 4) is 0 Å². The fraction of sp³-hybridized carbons (Fsp3) is 0.667. The van der Waals surface area contributed by atoms with Gasteiger partial charge in [0, 0.05) is 5.75 Å². The summed E-state index contributed by atoms with van der Waals surface area (Å²) in [6, 6.07) is 0. The van der Waals surface area contributed by atoms with Gasteiger partial charge >= 0.3 is 5.97 Å². The van der Waals surface area contributed by atoms with Gasteiger partial charge in [-0.15, -0.1) is 11.8 Å². The van der Waals surface area contributed by atoms with Crippen LogP contribution in [0.15, 0.2) is 0 Å². The Hall–Kier alpha value is -0.510. The standard InChI is InChI=1S/C6H8O3S/c1-3-5(7)4(2-10-3)6(8)9/h3-4H,2H2,1H3,(H,8,9). The van der Waals surface area contributed by atoms with E-state index >= 15 is 0 Å². The van der Waals surface area contributed by atoms with Gasteiger partial charge in [0.25, 0.3) is 0 Å². The van der Waals surface area contributed by atoms with Gasteiger partial charge < -0.3 is 5.11 Å². The van der Waals surface area contributed by atoms with Gasteiger partial charge in [-0.3, -0.25) is 9.59 Å². The Morgan fingerprint density at radius 3 is 2.60 bits per heavy atom. The number of carboxylic acids is 1. The molecule has 10 heavy (non-hydrogen) atoms. The molecule has 0 aliphatic carbocycles. The highest BCUT2D eigenvalue weighted by Crippen LogP contribution is 2.27. The minimum atomic E-state index is -0.984. The summed E-state index contributed by atoms with van der Waals surface area (Å²) in [7, 11) is 0. The Morgan fingerprint density at radius 2 is 2.40 bits per heavy atom. The summed E-state index contributed by atoms with van der Waals surface area (Å²) in [6.07, 6.45) is 0. The van der Waals surface area contributed by atoms with Crippen LogP contribution in [0, 0.1) is 5.92 Å². The van der Waals surface area contributed by atoms with Crippen molar-refractivity contribution in [2.45, 2.75) is 12.2 Å². The molecule has 4 heteroatoms. The average Bonchev–Trinajstić information content (AvgIpc) is 2.14. The number of carboxylic acid groups (broad SMARTS) is 1. The van der Waals surface area contributed by atoms with Crippen LogP contribution in [0.4, 0.5) is 0 Å². The molecule has 1 aliphatic heterocycles. The maximum atomic E-state index is 10.9. The molecule has 0 radical (unpaired) electrons. The predicted molar refractivity (Wildman–Crippen MR) is 38.1 cm³/mol. The van der Waals surface area contributed by atoms with Gasteiger partial charge in [-0.25, -0.2) is 0 Å². The van der Waals surface area contributed by atoms with Crippen LogP contribution in [0.5, 0.6) is 0 Å². The number of carbonyl (C=O) groups excluding carboxylic acids is 1. The summed E-state index contributed by atoms with van der Waals surface area (Å²) >= 11 is 1.41. The van der Waals surface area contributed by atoms with Gasteiger partial charge in [-0.1, -0.05) is 0 Å². The second-order valence-electron chi connectivity index (χ2n) is 2.27. The summed E-state index contributed by atoms with van der Waals surface area (Å²) < 4.78 is 0. The lowest BCUT2D eigenvalue weighted by molar-refractivity contribution is -0.144. The van der Waals surface area contributed by atoms with Gasteiger partial charge in [0.05, 0.1) is 5.25 Å². The Balaban J connectivity index is 2.66. The normalized spacial score (nSPS) is 32.7. The van der Waals surface area contributed by atoms with E-state index in [4.69, 9.17) is 5.11 Å². The molecular weight excluding hydrogens is 152 g/mol. The number of aliphatic carboxylic acids is 1. The molecule has 1 N–H and O–H groups in total. The van der Waals surface area contributed by atoms with E-state index in [9.17, 15) is 9.59 Å². The van der Waals surface area contributed by atoms with Crippen LogP contribution >= 0.6 is 11.8 Å². The maximum absolute atomic E-state index is 10.9. The average molecular weight is 160 g/mol. The number of rotatable bonds is 1. The van der Waals surface area contributed by atoms with Crippen molar-refractivity contribution in [3.05, 3.63) is 0 Å². The van der Waals surface area contributed by atoms with Crippen molar-refractivity contribution >= 4 is 23.5 Å². The van der Waals surface area contributed by atoms with Gasteiger partial charge in [0.2, 0.25) is 0 Å². The second-order valence-corrected chi connectivity index (χ2v) is 3.64. The van der Waals surface area contributed by atoms with Crippen LogP contribution in [0.2, 0.25) is 0 Å². The first-order chi connectivity index (χ1) is 4.63. The van der Waals surface area contributed by atoms with E-state index in [-0.39, 0.29) is 11.0 Å². The van der Waals surface area contributed by atoms with Crippen molar-refractivity contribution in [1.82, 2.24) is 0 Å². The molecule has 1 aliphatic rings. The molecule has 0 aromatic carbocycles. The van der Waals surface area contributed by atoms with E-state index in [1.165, 1.54) is 11.8 Å². The first-order valence-corrected chi connectivity index (χ1v) is 4.06. The minimum absolute atomic E-state index is 0.124. The number of ketones is 1. The third-order valence-corrected chi connectivity index (χ3v) is 2.81. The lowest BCUT2D eigenvalue weighted by atomic mass is 10.1. The number of hydrogen-bond donors (Lipinski definition) is 1. The van der Waals surface area contributed by atoms with E-state index in [1.807, 2.05) is 0 Å². The third kappa shape index (κ3) is 1.16. The second kappa shape index (κ2) is 2.62. The zero-order valence-electron chi connectivity index (χ0n) is 5.53. The van der Waals surface area contributed by atoms with Crippen LogP contribution in [-0.4, -0.2) is 27.9 Å². The quantitative estimate of drug-likeness (QED) is 0.564. The first kappa shape index (κ1) is 7.60. The van der Waals surface area contributed by atoms with Crippen LogP contribution in [0.3, 0.4) is 0 Å². The smallest absolute Gasteiger partial charge is 0.314 e.